The van der Waals surface area contributed by atoms with Crippen LogP contribution in [0.5, 0.6) is 0 Å². The van der Waals surface area contributed by atoms with Gasteiger partial charge in [0.15, 0.2) is 12.3 Å². The number of anilines is 1. The van der Waals surface area contributed by atoms with Gasteiger partial charge in [0.2, 0.25) is 11.1 Å². The molecule has 5 N–H and O–H groups in total. The number of nitrogens with one attached hydrogen (secondary N) is 2. The molecule has 0 bridgehead atoms. The van der Waals surface area contributed by atoms with Crippen molar-refractivity contribution in [2.45, 2.75) is 16.6 Å². The van der Waals surface area contributed by atoms with Crippen LogP contribution in [-0.2, 0) is 38.1 Å². The van der Waals surface area contributed by atoms with Gasteiger partial charge >= 0.3 is 5.97 Å². The fourth-order valence-corrected chi connectivity index (χ4v) is 6.79. The molecule has 3 aliphatic heterocycles. The van der Waals surface area contributed by atoms with Crippen LogP contribution >= 0.6 is 23.5 Å². The van der Waals surface area contributed by atoms with Crippen molar-refractivity contribution in [2.75, 3.05) is 50.0 Å². The molecular formula is C22H28N12O6S2. The summed E-state index contributed by atoms with van der Waals surface area (Å²) in [5, 5.41) is 30.6. The number of thioether (sulfide) groups is 2. The second-order valence-corrected chi connectivity index (χ2v) is 11.5. The van der Waals surface area contributed by atoms with E-state index in [-0.39, 0.29) is 34.7 Å². The van der Waals surface area contributed by atoms with Gasteiger partial charge in [0.1, 0.15) is 22.8 Å². The molecule has 3 aliphatic rings. The summed E-state index contributed by atoms with van der Waals surface area (Å²) in [6.45, 7) is 1.99. The number of carboxylic acids is 1. The molecule has 2 fully saturated rings. The lowest BCUT2D eigenvalue weighted by molar-refractivity contribution is -0.150. The minimum atomic E-state index is -1.25. The van der Waals surface area contributed by atoms with Crippen molar-refractivity contribution in [3.63, 3.8) is 0 Å². The maximum absolute atomic E-state index is 13.4. The fraction of sp³-hybridized carbons (Fsp3) is 0.500. The van der Waals surface area contributed by atoms with Gasteiger partial charge in [-0.05, 0) is 16.0 Å². The molecule has 0 unspecified atom stereocenters. The SMILES string of the molecule is Cn1cc(/C(=N/OCC(=O)N2CCNCC2)C(=O)N[C@@H]2C(=O)N3C(C(=O)O)=C(CSc4nnnn4C)CS[C@H]23)nc1N. The third kappa shape index (κ3) is 5.90. The van der Waals surface area contributed by atoms with E-state index in [9.17, 15) is 24.3 Å². The molecule has 2 aromatic rings. The Morgan fingerprint density at radius 2 is 2.07 bits per heavy atom. The maximum atomic E-state index is 13.4. The van der Waals surface area contributed by atoms with Crippen LogP contribution in [0.4, 0.5) is 5.95 Å². The molecule has 2 atom stereocenters. The number of carboxylic acid groups (broad SMARTS) is 1. The summed E-state index contributed by atoms with van der Waals surface area (Å²) in [4.78, 5) is 63.3. The van der Waals surface area contributed by atoms with Crippen molar-refractivity contribution < 1.29 is 29.1 Å². The first-order chi connectivity index (χ1) is 20.2. The summed E-state index contributed by atoms with van der Waals surface area (Å²) in [6, 6.07) is -1.03. The molecule has 0 saturated carbocycles. The van der Waals surface area contributed by atoms with Crippen LogP contribution in [-0.4, -0.2) is 130 Å². The van der Waals surface area contributed by atoms with Crippen molar-refractivity contribution in [1.29, 1.82) is 0 Å². The maximum Gasteiger partial charge on any atom is 0.352 e. The highest BCUT2D eigenvalue weighted by atomic mass is 32.2. The highest BCUT2D eigenvalue weighted by Gasteiger charge is 2.54. The van der Waals surface area contributed by atoms with Crippen molar-refractivity contribution in [3.05, 3.63) is 23.2 Å². The average Bonchev–Trinajstić information content (AvgIpc) is 3.55. The lowest BCUT2D eigenvalue weighted by Gasteiger charge is -2.49. The number of fused-ring (bicyclic) bond motifs is 1. The van der Waals surface area contributed by atoms with E-state index in [1.807, 2.05) is 0 Å². The number of amides is 3. The lowest BCUT2D eigenvalue weighted by Crippen LogP contribution is -2.71. The molecule has 20 heteroatoms. The van der Waals surface area contributed by atoms with Gasteiger partial charge in [-0.3, -0.25) is 19.3 Å². The standard InChI is InChI=1S/C22H28N12O6S2/c1-31-7-12(25-21(31)23)14(28-40-8-13(35)33-5-3-24-4-6-33)17(36)26-15-18(37)34-16(20(38)39)11(9-41-19(15)34)10-42-22-27-29-30-32(22)2/h7,15,19,24H,3-6,8-10H2,1-2H3,(H2,23,25)(H,26,36)(H,38,39)/b28-14-/t15-,19-/m1/s1. The van der Waals surface area contributed by atoms with Crippen molar-refractivity contribution in [1.82, 2.24) is 50.2 Å². The second kappa shape index (κ2) is 12.4. The quantitative estimate of drug-likeness (QED) is 0.0911. The van der Waals surface area contributed by atoms with Crippen LogP contribution in [0, 0.1) is 0 Å². The number of nitrogen functional groups attached to an aromatic ring is 1. The zero-order valence-corrected chi connectivity index (χ0v) is 24.2. The Labute approximate surface area is 247 Å². The number of tetrazole rings is 1. The van der Waals surface area contributed by atoms with Gasteiger partial charge in [0, 0.05) is 58.0 Å². The highest BCUT2D eigenvalue weighted by Crippen LogP contribution is 2.41. The molecule has 5 heterocycles. The number of imidazole rings is 1. The molecule has 5 rings (SSSR count). The first-order valence-corrected chi connectivity index (χ1v) is 14.7. The second-order valence-electron chi connectivity index (χ2n) is 9.43. The molecule has 0 aromatic carbocycles. The third-order valence-corrected chi connectivity index (χ3v) is 9.11. The Balaban J connectivity index is 1.29. The number of aromatic nitrogens is 6. The van der Waals surface area contributed by atoms with Crippen LogP contribution in [0.25, 0.3) is 0 Å². The predicted octanol–water partition coefficient (Wildman–Crippen LogP) is -2.79. The summed E-state index contributed by atoms with van der Waals surface area (Å²) in [5.74, 6) is -2.24. The van der Waals surface area contributed by atoms with Gasteiger partial charge in [-0.15, -0.1) is 16.9 Å². The first kappa shape index (κ1) is 29.3. The summed E-state index contributed by atoms with van der Waals surface area (Å²) >= 11 is 2.57. The zero-order chi connectivity index (χ0) is 30.0. The van der Waals surface area contributed by atoms with Crippen LogP contribution in [0.2, 0.25) is 0 Å². The van der Waals surface area contributed by atoms with E-state index in [1.54, 1.807) is 19.0 Å². The number of nitrogens with two attached hydrogens (primary N) is 1. The Kier molecular flexibility index (Phi) is 8.64. The number of rotatable bonds is 10. The molecule has 3 amide bonds. The average molecular weight is 621 g/mol. The minimum Gasteiger partial charge on any atom is -0.477 e. The number of carbonyl (C=O) groups excluding carboxylic acids is 3. The van der Waals surface area contributed by atoms with Crippen molar-refractivity contribution in [2.24, 2.45) is 19.3 Å². The van der Waals surface area contributed by atoms with Gasteiger partial charge < -0.3 is 35.8 Å². The van der Waals surface area contributed by atoms with Gasteiger partial charge in [-0.2, -0.15) is 0 Å². The Bertz CT molecular complexity index is 1450. The van der Waals surface area contributed by atoms with Crippen LogP contribution in [0.15, 0.2) is 27.8 Å². The largest absolute Gasteiger partial charge is 0.477 e. The van der Waals surface area contributed by atoms with Gasteiger partial charge in [0.25, 0.3) is 17.7 Å². The lowest BCUT2D eigenvalue weighted by atomic mass is 10.0. The van der Waals surface area contributed by atoms with E-state index in [2.05, 4.69) is 36.3 Å². The molecule has 0 aliphatic carbocycles. The van der Waals surface area contributed by atoms with E-state index < -0.39 is 35.8 Å². The number of carbonyl (C=O) groups is 4. The summed E-state index contributed by atoms with van der Waals surface area (Å²) in [6.07, 6.45) is 1.46. The van der Waals surface area contributed by atoms with E-state index in [0.717, 1.165) is 0 Å². The van der Waals surface area contributed by atoms with Crippen molar-refractivity contribution >= 4 is 58.9 Å². The van der Waals surface area contributed by atoms with E-state index in [1.165, 1.54) is 43.9 Å². The monoisotopic (exact) mass is 620 g/mol. The molecule has 224 valence electrons. The van der Waals surface area contributed by atoms with E-state index in [0.29, 0.717) is 42.7 Å². The fourth-order valence-electron chi connectivity index (χ4n) is 4.46. The molecule has 0 radical (unpaired) electrons. The highest BCUT2D eigenvalue weighted by molar-refractivity contribution is 8.01. The number of aliphatic carboxylic acids is 1. The molecule has 2 saturated heterocycles. The van der Waals surface area contributed by atoms with Crippen LogP contribution in [0.1, 0.15) is 5.69 Å². The smallest absolute Gasteiger partial charge is 0.352 e. The summed E-state index contributed by atoms with van der Waals surface area (Å²) < 4.78 is 2.93. The molecule has 0 spiro atoms. The number of hydrogen-bond acceptors (Lipinski definition) is 14. The van der Waals surface area contributed by atoms with Gasteiger partial charge in [-0.25, -0.2) is 14.5 Å². The third-order valence-electron chi connectivity index (χ3n) is 6.68. The van der Waals surface area contributed by atoms with Gasteiger partial charge in [-0.1, -0.05) is 16.9 Å². The number of piperazine rings is 1. The number of hydrogen-bond donors (Lipinski definition) is 4. The van der Waals surface area contributed by atoms with Crippen LogP contribution < -0.4 is 16.4 Å². The number of oxime groups is 1. The molecule has 42 heavy (non-hydrogen) atoms. The molecule has 2 aromatic heterocycles. The number of nitrogens with zero attached hydrogens (tertiary/aromatic N) is 9. The molecular weight excluding hydrogens is 592 g/mol. The Morgan fingerprint density at radius 1 is 1.31 bits per heavy atom. The zero-order valence-electron chi connectivity index (χ0n) is 22.6. The Hall–Kier alpha value is -4.17. The first-order valence-electron chi connectivity index (χ1n) is 12.7. The van der Waals surface area contributed by atoms with Crippen molar-refractivity contribution in [3.8, 4) is 0 Å². The summed E-state index contributed by atoms with van der Waals surface area (Å²) in [5.41, 5.74) is 6.03. The van der Waals surface area contributed by atoms with Crippen LogP contribution in [0.3, 0.4) is 0 Å². The normalized spacial score (nSPS) is 20.7. The van der Waals surface area contributed by atoms with E-state index >= 15 is 0 Å². The summed E-state index contributed by atoms with van der Waals surface area (Å²) in [7, 11) is 3.29. The topological polar surface area (TPSA) is 228 Å². The minimum absolute atomic E-state index is 0.0748. The number of β-lactam (4-membered cyclic amide) rings is 1. The number of aryl methyl sites for hydroxylation is 2. The molecule has 18 nitrogen and oxygen atoms in total. The van der Waals surface area contributed by atoms with E-state index in [4.69, 9.17) is 10.6 Å². The predicted molar refractivity (Wildman–Crippen MR) is 149 cm³/mol. The Morgan fingerprint density at radius 3 is 2.71 bits per heavy atom. The van der Waals surface area contributed by atoms with Gasteiger partial charge in [0.05, 0.1) is 0 Å².